The van der Waals surface area contributed by atoms with Crippen molar-refractivity contribution >= 4 is 17.4 Å². The molecule has 7 nitrogen and oxygen atoms in total. The van der Waals surface area contributed by atoms with Crippen LogP contribution in [0.2, 0.25) is 0 Å². The second-order valence-electron chi connectivity index (χ2n) is 6.47. The molecule has 0 N–H and O–H groups in total. The van der Waals surface area contributed by atoms with Crippen molar-refractivity contribution in [2.24, 2.45) is 0 Å². The van der Waals surface area contributed by atoms with Gasteiger partial charge in [0, 0.05) is 41.0 Å². The summed E-state index contributed by atoms with van der Waals surface area (Å²) in [5.41, 5.74) is 2.37. The molecular weight excluding hydrogens is 405 g/mol. The predicted octanol–water partition coefficient (Wildman–Crippen LogP) is 5.23. The molecule has 1 unspecified atom stereocenters. The van der Waals surface area contributed by atoms with Gasteiger partial charge in [0.15, 0.2) is 11.0 Å². The van der Waals surface area contributed by atoms with E-state index < -0.39 is 4.92 Å². The lowest BCUT2D eigenvalue weighted by atomic mass is 10.1. The smallest absolute Gasteiger partial charge is 0.269 e. The van der Waals surface area contributed by atoms with Gasteiger partial charge in [0.2, 0.25) is 0 Å². The van der Waals surface area contributed by atoms with Gasteiger partial charge in [0.05, 0.1) is 4.92 Å². The van der Waals surface area contributed by atoms with Crippen LogP contribution in [0.15, 0.2) is 78.2 Å². The number of nitrogens with zero attached hydrogens (tertiary/aromatic N) is 5. The molecule has 9 heteroatoms. The lowest BCUT2D eigenvalue weighted by Gasteiger charge is -2.14. The van der Waals surface area contributed by atoms with E-state index >= 15 is 0 Å². The molecule has 0 fully saturated rings. The summed E-state index contributed by atoms with van der Waals surface area (Å²) in [4.78, 5) is 14.7. The van der Waals surface area contributed by atoms with E-state index in [0.717, 1.165) is 11.1 Å². The standard InChI is InChI=1S/C21H16FN5O2S/c1-14(16-3-2-4-19(13-16)27(28)29)30-21-25-24-20(15-9-11-23-12-10-15)26(21)18-7-5-17(22)6-8-18/h2-14H,1H3. The number of hydrogen-bond donors (Lipinski definition) is 0. The molecule has 4 rings (SSSR count). The maximum atomic E-state index is 13.5. The Hall–Kier alpha value is -3.59. The molecule has 0 aliphatic rings. The zero-order valence-corrected chi connectivity index (χ0v) is 16.7. The highest BCUT2D eigenvalue weighted by atomic mass is 32.2. The summed E-state index contributed by atoms with van der Waals surface area (Å²) < 4.78 is 15.3. The number of benzene rings is 2. The number of pyridine rings is 1. The monoisotopic (exact) mass is 421 g/mol. The van der Waals surface area contributed by atoms with E-state index in [2.05, 4.69) is 15.2 Å². The zero-order valence-electron chi connectivity index (χ0n) is 15.8. The maximum absolute atomic E-state index is 13.5. The molecule has 0 saturated heterocycles. The number of nitro benzene ring substituents is 1. The second-order valence-corrected chi connectivity index (χ2v) is 7.77. The molecule has 0 bridgehead atoms. The predicted molar refractivity (Wildman–Crippen MR) is 112 cm³/mol. The molecule has 1 atom stereocenters. The summed E-state index contributed by atoms with van der Waals surface area (Å²) in [5, 5.41) is 20.2. The van der Waals surface area contributed by atoms with Crippen LogP contribution in [0.25, 0.3) is 17.1 Å². The average molecular weight is 421 g/mol. The maximum Gasteiger partial charge on any atom is 0.269 e. The zero-order chi connectivity index (χ0) is 21.1. The molecule has 2 heterocycles. The fourth-order valence-electron chi connectivity index (χ4n) is 2.97. The minimum absolute atomic E-state index is 0.0393. The number of hydrogen-bond acceptors (Lipinski definition) is 6. The molecule has 0 radical (unpaired) electrons. The van der Waals surface area contributed by atoms with E-state index in [1.54, 1.807) is 36.7 Å². The number of thioether (sulfide) groups is 1. The minimum Gasteiger partial charge on any atom is -0.270 e. The van der Waals surface area contributed by atoms with Gasteiger partial charge in [0.1, 0.15) is 5.82 Å². The van der Waals surface area contributed by atoms with Crippen LogP contribution in [0.1, 0.15) is 17.7 Å². The van der Waals surface area contributed by atoms with Crippen molar-refractivity contribution in [2.45, 2.75) is 17.3 Å². The van der Waals surface area contributed by atoms with Crippen LogP contribution in [0.4, 0.5) is 10.1 Å². The van der Waals surface area contributed by atoms with Gasteiger partial charge in [-0.3, -0.25) is 19.7 Å². The molecule has 0 aliphatic carbocycles. The van der Waals surface area contributed by atoms with Crippen molar-refractivity contribution in [1.82, 2.24) is 19.7 Å². The highest BCUT2D eigenvalue weighted by Crippen LogP contribution is 2.37. The second kappa shape index (κ2) is 8.42. The van der Waals surface area contributed by atoms with Crippen molar-refractivity contribution in [3.8, 4) is 17.1 Å². The summed E-state index contributed by atoms with van der Waals surface area (Å²) in [6.07, 6.45) is 3.33. The van der Waals surface area contributed by atoms with E-state index in [4.69, 9.17) is 0 Å². The van der Waals surface area contributed by atoms with E-state index in [-0.39, 0.29) is 16.8 Å². The van der Waals surface area contributed by atoms with Crippen molar-refractivity contribution in [2.75, 3.05) is 0 Å². The van der Waals surface area contributed by atoms with Crippen LogP contribution in [-0.2, 0) is 0 Å². The Balaban J connectivity index is 1.75. The third-order valence-corrected chi connectivity index (χ3v) is 5.59. The number of non-ortho nitro benzene ring substituents is 1. The van der Waals surface area contributed by atoms with E-state index in [1.165, 1.54) is 30.0 Å². The Kier molecular flexibility index (Phi) is 5.53. The lowest BCUT2D eigenvalue weighted by molar-refractivity contribution is -0.384. The third-order valence-electron chi connectivity index (χ3n) is 4.49. The van der Waals surface area contributed by atoms with E-state index in [0.29, 0.717) is 16.7 Å². The first-order chi connectivity index (χ1) is 14.5. The average Bonchev–Trinajstić information content (AvgIpc) is 3.18. The largest absolute Gasteiger partial charge is 0.270 e. The summed E-state index contributed by atoms with van der Waals surface area (Å²) in [6.45, 7) is 1.94. The highest BCUT2D eigenvalue weighted by molar-refractivity contribution is 7.99. The molecule has 0 amide bonds. The fourth-order valence-corrected chi connectivity index (χ4v) is 3.96. The van der Waals surface area contributed by atoms with Gasteiger partial charge in [-0.25, -0.2) is 4.39 Å². The summed E-state index contributed by atoms with van der Waals surface area (Å²) >= 11 is 1.42. The number of halogens is 1. The van der Waals surface area contributed by atoms with Gasteiger partial charge in [-0.2, -0.15) is 0 Å². The van der Waals surface area contributed by atoms with E-state index in [1.807, 2.05) is 29.7 Å². The van der Waals surface area contributed by atoms with E-state index in [9.17, 15) is 14.5 Å². The molecule has 2 aromatic carbocycles. The minimum atomic E-state index is -0.413. The lowest BCUT2D eigenvalue weighted by Crippen LogP contribution is -2.01. The molecule has 150 valence electrons. The van der Waals surface area contributed by atoms with Gasteiger partial charge in [0.25, 0.3) is 5.69 Å². The van der Waals surface area contributed by atoms with Crippen LogP contribution in [-0.4, -0.2) is 24.7 Å². The van der Waals surface area contributed by atoms with Gasteiger partial charge in [-0.05, 0) is 48.9 Å². The SMILES string of the molecule is CC(Sc1nnc(-c2ccncc2)n1-c1ccc(F)cc1)c1cccc([N+](=O)[O-])c1. The first kappa shape index (κ1) is 19.7. The quantitative estimate of drug-likeness (QED) is 0.241. The first-order valence-electron chi connectivity index (χ1n) is 9.05. The summed E-state index contributed by atoms with van der Waals surface area (Å²) in [6, 6.07) is 16.2. The number of aromatic nitrogens is 4. The Bertz CT molecular complexity index is 1180. The van der Waals surface area contributed by atoms with Gasteiger partial charge < -0.3 is 0 Å². The van der Waals surface area contributed by atoms with Gasteiger partial charge in [-0.15, -0.1) is 10.2 Å². The van der Waals surface area contributed by atoms with Crippen LogP contribution in [0.5, 0.6) is 0 Å². The molecule has 0 aliphatic heterocycles. The number of rotatable bonds is 6. The topological polar surface area (TPSA) is 86.7 Å². The van der Waals surface area contributed by atoms with Crippen LogP contribution < -0.4 is 0 Å². The molecule has 2 aromatic heterocycles. The van der Waals surface area contributed by atoms with Gasteiger partial charge in [-0.1, -0.05) is 23.9 Å². The van der Waals surface area contributed by atoms with Crippen molar-refractivity contribution in [1.29, 1.82) is 0 Å². The van der Waals surface area contributed by atoms with Crippen LogP contribution in [0.3, 0.4) is 0 Å². The molecule has 30 heavy (non-hydrogen) atoms. The molecule has 4 aromatic rings. The van der Waals surface area contributed by atoms with Crippen molar-refractivity contribution < 1.29 is 9.31 Å². The van der Waals surface area contributed by atoms with Crippen molar-refractivity contribution in [3.05, 3.63) is 94.6 Å². The molecular formula is C21H16FN5O2S. The van der Waals surface area contributed by atoms with Crippen LogP contribution >= 0.6 is 11.8 Å². The fraction of sp³-hybridized carbons (Fsp3) is 0.0952. The summed E-state index contributed by atoms with van der Waals surface area (Å²) in [7, 11) is 0. The Morgan fingerprint density at radius 2 is 1.80 bits per heavy atom. The van der Waals surface area contributed by atoms with Gasteiger partial charge >= 0.3 is 0 Å². The Labute approximate surface area is 175 Å². The normalized spacial score (nSPS) is 11.9. The molecule has 0 spiro atoms. The Morgan fingerprint density at radius 3 is 2.50 bits per heavy atom. The third kappa shape index (κ3) is 4.06. The Morgan fingerprint density at radius 1 is 1.07 bits per heavy atom. The van der Waals surface area contributed by atoms with Crippen molar-refractivity contribution in [3.63, 3.8) is 0 Å². The summed E-state index contributed by atoms with van der Waals surface area (Å²) in [5.74, 6) is 0.259. The first-order valence-corrected chi connectivity index (χ1v) is 9.93. The van der Waals surface area contributed by atoms with Crippen LogP contribution in [0, 0.1) is 15.9 Å². The highest BCUT2D eigenvalue weighted by Gasteiger charge is 2.20. The molecule has 0 saturated carbocycles. The number of nitro groups is 1.